The van der Waals surface area contributed by atoms with Gasteiger partial charge in [0.2, 0.25) is 5.76 Å². The summed E-state index contributed by atoms with van der Waals surface area (Å²) in [4.78, 5) is 10.8. The van der Waals surface area contributed by atoms with Crippen LogP contribution in [-0.4, -0.2) is 11.1 Å². The van der Waals surface area contributed by atoms with E-state index in [4.69, 9.17) is 21.1 Å². The van der Waals surface area contributed by atoms with E-state index in [0.29, 0.717) is 16.2 Å². The van der Waals surface area contributed by atoms with E-state index in [1.165, 1.54) is 0 Å². The summed E-state index contributed by atoms with van der Waals surface area (Å²) in [6, 6.07) is 3.48. The molecule has 2 aromatic rings. The molecule has 3 nitrogen and oxygen atoms in total. The van der Waals surface area contributed by atoms with Gasteiger partial charge in [-0.1, -0.05) is 11.6 Å². The van der Waals surface area contributed by atoms with E-state index in [2.05, 4.69) is 0 Å². The minimum atomic E-state index is -1.06. The number of hydrogen-bond acceptors (Lipinski definition) is 2. The molecule has 0 fully saturated rings. The molecule has 0 atom stereocenters. The van der Waals surface area contributed by atoms with Gasteiger partial charge >= 0.3 is 5.97 Å². The summed E-state index contributed by atoms with van der Waals surface area (Å²) in [5, 5.41) is 10.2. The first kappa shape index (κ1) is 10.1. The van der Waals surface area contributed by atoms with E-state index in [0.717, 1.165) is 10.9 Å². The first-order valence-electron chi connectivity index (χ1n) is 4.43. The summed E-state index contributed by atoms with van der Waals surface area (Å²) < 4.78 is 5.24. The van der Waals surface area contributed by atoms with Crippen LogP contribution in [0.4, 0.5) is 0 Å². The largest absolute Gasteiger partial charge is 0.475 e. The number of carboxylic acid groups (broad SMARTS) is 1. The van der Waals surface area contributed by atoms with Crippen LogP contribution in [0.2, 0.25) is 5.02 Å². The Balaban J connectivity index is 2.83. The number of aryl methyl sites for hydroxylation is 2. The van der Waals surface area contributed by atoms with Gasteiger partial charge in [-0.3, -0.25) is 0 Å². The van der Waals surface area contributed by atoms with Gasteiger partial charge in [0.15, 0.2) is 0 Å². The minimum absolute atomic E-state index is 0.0216. The molecule has 0 saturated heterocycles. The Morgan fingerprint density at radius 2 is 2.07 bits per heavy atom. The number of carbonyl (C=O) groups is 1. The van der Waals surface area contributed by atoms with Gasteiger partial charge < -0.3 is 9.52 Å². The summed E-state index contributed by atoms with van der Waals surface area (Å²) in [5.41, 5.74) is 2.04. The summed E-state index contributed by atoms with van der Waals surface area (Å²) >= 11 is 5.96. The minimum Gasteiger partial charge on any atom is -0.475 e. The fourth-order valence-corrected chi connectivity index (χ4v) is 1.71. The number of carboxylic acids is 1. The van der Waals surface area contributed by atoms with Crippen molar-refractivity contribution in [2.75, 3.05) is 0 Å². The Kier molecular flexibility index (Phi) is 2.20. The lowest BCUT2D eigenvalue weighted by Crippen LogP contribution is -1.95. The van der Waals surface area contributed by atoms with Crippen LogP contribution in [0.5, 0.6) is 0 Å². The van der Waals surface area contributed by atoms with Crippen LogP contribution in [0.15, 0.2) is 16.5 Å². The molecule has 0 radical (unpaired) electrons. The fourth-order valence-electron chi connectivity index (χ4n) is 1.55. The third kappa shape index (κ3) is 1.49. The Bertz CT molecular complexity index is 554. The first-order valence-corrected chi connectivity index (χ1v) is 4.81. The van der Waals surface area contributed by atoms with Crippen molar-refractivity contribution in [2.45, 2.75) is 13.8 Å². The molecule has 0 saturated carbocycles. The fraction of sp³-hybridized carbons (Fsp3) is 0.182. The molecule has 78 valence electrons. The highest BCUT2D eigenvalue weighted by Gasteiger charge is 2.17. The molecule has 15 heavy (non-hydrogen) atoms. The standard InChI is InChI=1S/C11H9ClO3/c1-5-3-9-7(4-8(5)12)6(2)10(15-9)11(13)14/h3-4H,1-2H3,(H,13,14). The smallest absolute Gasteiger partial charge is 0.372 e. The van der Waals surface area contributed by atoms with Gasteiger partial charge in [0.1, 0.15) is 5.58 Å². The van der Waals surface area contributed by atoms with Crippen LogP contribution in [-0.2, 0) is 0 Å². The molecule has 4 heteroatoms. The lowest BCUT2D eigenvalue weighted by molar-refractivity contribution is 0.0664. The lowest BCUT2D eigenvalue weighted by atomic mass is 10.1. The SMILES string of the molecule is Cc1cc2oc(C(=O)O)c(C)c2cc1Cl. The average molecular weight is 225 g/mol. The third-order valence-electron chi connectivity index (χ3n) is 2.41. The number of hydrogen-bond donors (Lipinski definition) is 1. The summed E-state index contributed by atoms with van der Waals surface area (Å²) in [6.45, 7) is 3.56. The Morgan fingerprint density at radius 1 is 1.40 bits per heavy atom. The predicted octanol–water partition coefficient (Wildman–Crippen LogP) is 3.40. The van der Waals surface area contributed by atoms with E-state index >= 15 is 0 Å². The second-order valence-corrected chi connectivity index (χ2v) is 3.87. The van der Waals surface area contributed by atoms with Crippen LogP contribution in [0.3, 0.4) is 0 Å². The van der Waals surface area contributed by atoms with Gasteiger partial charge in [0.25, 0.3) is 0 Å². The summed E-state index contributed by atoms with van der Waals surface area (Å²) in [6.07, 6.45) is 0. The highest BCUT2D eigenvalue weighted by molar-refractivity contribution is 6.32. The zero-order valence-electron chi connectivity index (χ0n) is 8.30. The van der Waals surface area contributed by atoms with Crippen LogP contribution in [0.1, 0.15) is 21.7 Å². The van der Waals surface area contributed by atoms with Crippen molar-refractivity contribution in [1.29, 1.82) is 0 Å². The predicted molar refractivity (Wildman–Crippen MR) is 57.7 cm³/mol. The average Bonchev–Trinajstić information content (AvgIpc) is 2.46. The van der Waals surface area contributed by atoms with E-state index in [1.807, 2.05) is 6.92 Å². The first-order chi connectivity index (χ1) is 7.00. The zero-order chi connectivity index (χ0) is 11.2. The van der Waals surface area contributed by atoms with Crippen molar-refractivity contribution in [3.05, 3.63) is 34.0 Å². The van der Waals surface area contributed by atoms with E-state index in [-0.39, 0.29) is 5.76 Å². The Morgan fingerprint density at radius 3 is 2.67 bits per heavy atom. The summed E-state index contributed by atoms with van der Waals surface area (Å²) in [7, 11) is 0. The Hall–Kier alpha value is -1.48. The number of benzene rings is 1. The monoisotopic (exact) mass is 224 g/mol. The van der Waals surface area contributed by atoms with Crippen molar-refractivity contribution in [2.24, 2.45) is 0 Å². The van der Waals surface area contributed by atoms with Crippen LogP contribution in [0.25, 0.3) is 11.0 Å². The number of furan rings is 1. The van der Waals surface area contributed by atoms with Gasteiger partial charge in [0.05, 0.1) is 0 Å². The van der Waals surface area contributed by atoms with Crippen molar-refractivity contribution in [3.63, 3.8) is 0 Å². The number of halogens is 1. The second kappa shape index (κ2) is 3.28. The highest BCUT2D eigenvalue weighted by atomic mass is 35.5. The molecule has 0 aliphatic heterocycles. The maximum Gasteiger partial charge on any atom is 0.372 e. The van der Waals surface area contributed by atoms with Crippen LogP contribution >= 0.6 is 11.6 Å². The number of fused-ring (bicyclic) bond motifs is 1. The molecular weight excluding hydrogens is 216 g/mol. The van der Waals surface area contributed by atoms with Crippen molar-refractivity contribution >= 4 is 28.5 Å². The maximum absolute atomic E-state index is 10.8. The van der Waals surface area contributed by atoms with Gasteiger partial charge in [-0.05, 0) is 31.5 Å². The topological polar surface area (TPSA) is 50.4 Å². The molecular formula is C11H9ClO3. The van der Waals surface area contributed by atoms with Crippen LogP contribution in [0, 0.1) is 13.8 Å². The molecule has 1 N–H and O–H groups in total. The molecule has 0 spiro atoms. The van der Waals surface area contributed by atoms with E-state index < -0.39 is 5.97 Å². The third-order valence-corrected chi connectivity index (χ3v) is 2.82. The molecule has 2 rings (SSSR count). The molecule has 1 aromatic heterocycles. The second-order valence-electron chi connectivity index (χ2n) is 3.46. The maximum atomic E-state index is 10.8. The van der Waals surface area contributed by atoms with Crippen molar-refractivity contribution in [3.8, 4) is 0 Å². The quantitative estimate of drug-likeness (QED) is 0.808. The van der Waals surface area contributed by atoms with E-state index in [1.54, 1.807) is 19.1 Å². The summed E-state index contributed by atoms with van der Waals surface area (Å²) in [5.74, 6) is -1.08. The lowest BCUT2D eigenvalue weighted by Gasteiger charge is -1.96. The Labute approximate surface area is 91.3 Å². The molecule has 1 aromatic carbocycles. The highest BCUT2D eigenvalue weighted by Crippen LogP contribution is 2.30. The number of rotatable bonds is 1. The van der Waals surface area contributed by atoms with Crippen LogP contribution < -0.4 is 0 Å². The molecule has 0 aliphatic rings. The van der Waals surface area contributed by atoms with Gasteiger partial charge in [-0.2, -0.15) is 0 Å². The van der Waals surface area contributed by atoms with Crippen molar-refractivity contribution < 1.29 is 14.3 Å². The molecule has 0 amide bonds. The van der Waals surface area contributed by atoms with Gasteiger partial charge in [-0.25, -0.2) is 4.79 Å². The molecule has 0 unspecified atom stereocenters. The van der Waals surface area contributed by atoms with E-state index in [9.17, 15) is 4.79 Å². The zero-order valence-corrected chi connectivity index (χ0v) is 9.05. The molecule has 0 bridgehead atoms. The molecule has 0 aliphatic carbocycles. The van der Waals surface area contributed by atoms with Gasteiger partial charge in [0, 0.05) is 16.0 Å². The molecule has 1 heterocycles. The number of aromatic carboxylic acids is 1. The normalized spacial score (nSPS) is 10.9. The van der Waals surface area contributed by atoms with Gasteiger partial charge in [-0.15, -0.1) is 0 Å². The van der Waals surface area contributed by atoms with Crippen molar-refractivity contribution in [1.82, 2.24) is 0 Å².